The molecule has 6 heteroatoms. The Hall–Kier alpha value is -3.64. The molecule has 0 unspecified atom stereocenters. The molecule has 0 radical (unpaired) electrons. The lowest BCUT2D eigenvalue weighted by Crippen LogP contribution is -2.42. The largest absolute Gasteiger partial charge is 0.497 e. The zero-order chi connectivity index (χ0) is 26.5. The van der Waals surface area contributed by atoms with E-state index in [1.54, 1.807) is 19.2 Å². The molecule has 38 heavy (non-hydrogen) atoms. The Morgan fingerprint density at radius 1 is 0.947 bits per heavy atom. The van der Waals surface area contributed by atoms with Gasteiger partial charge in [-0.05, 0) is 68.5 Å². The highest BCUT2D eigenvalue weighted by atomic mass is 16.5. The maximum Gasteiger partial charge on any atom is 0.257 e. The van der Waals surface area contributed by atoms with Crippen molar-refractivity contribution in [1.29, 1.82) is 0 Å². The summed E-state index contributed by atoms with van der Waals surface area (Å²) >= 11 is 0. The molecule has 1 amide bonds. The summed E-state index contributed by atoms with van der Waals surface area (Å²) in [6.07, 6.45) is 3.96. The molecule has 198 valence electrons. The number of carbonyl (C=O) groups excluding carboxylic acids is 1. The number of amides is 1. The predicted octanol–water partition coefficient (Wildman–Crippen LogP) is 5.64. The van der Waals surface area contributed by atoms with E-state index in [9.17, 15) is 4.79 Å². The number of ether oxygens (including phenoxy) is 2. The van der Waals surface area contributed by atoms with Crippen molar-refractivity contribution in [3.63, 3.8) is 0 Å². The van der Waals surface area contributed by atoms with Crippen LogP contribution in [0.25, 0.3) is 0 Å². The van der Waals surface area contributed by atoms with E-state index in [4.69, 9.17) is 14.6 Å². The highest BCUT2D eigenvalue weighted by Crippen LogP contribution is 2.39. The molecule has 2 aliphatic rings. The van der Waals surface area contributed by atoms with Crippen molar-refractivity contribution in [2.24, 2.45) is 11.0 Å². The summed E-state index contributed by atoms with van der Waals surface area (Å²) in [5, 5.41) is 6.58. The summed E-state index contributed by atoms with van der Waals surface area (Å²) in [6.45, 7) is 4.31. The molecule has 0 aromatic heterocycles. The first kappa shape index (κ1) is 26.0. The van der Waals surface area contributed by atoms with Crippen molar-refractivity contribution in [2.75, 3.05) is 33.9 Å². The lowest BCUT2D eigenvalue weighted by atomic mass is 9.90. The van der Waals surface area contributed by atoms with Gasteiger partial charge in [0.15, 0.2) is 0 Å². The summed E-state index contributed by atoms with van der Waals surface area (Å²) in [4.78, 5) is 16.0. The van der Waals surface area contributed by atoms with Gasteiger partial charge in [0.2, 0.25) is 0 Å². The fourth-order valence-electron chi connectivity index (χ4n) is 5.56. The summed E-state index contributed by atoms with van der Waals surface area (Å²) in [5.74, 6) is 2.11. The standard InChI is InChI=1S/C32H37N3O3/c1-23-9-11-26(12-10-23)29-21-30(28-14-13-27(37-2)20-31(28)38-3)35(33-29)32(36)22-34-17-15-25(16-18-34)19-24-7-5-4-6-8-24/h4-14,20,25,30H,15-19,21-22H2,1-3H3/t30-/m1/s1. The number of aryl methyl sites for hydroxylation is 1. The Balaban J connectivity index is 1.31. The van der Waals surface area contributed by atoms with Gasteiger partial charge in [-0.25, -0.2) is 5.01 Å². The minimum absolute atomic E-state index is 0.0245. The van der Waals surface area contributed by atoms with Crippen molar-refractivity contribution in [2.45, 2.75) is 38.6 Å². The normalized spacial score (nSPS) is 18.3. The first-order valence-corrected chi connectivity index (χ1v) is 13.5. The van der Waals surface area contributed by atoms with E-state index in [1.807, 2.05) is 18.2 Å². The molecule has 5 rings (SSSR count). The second-order valence-corrected chi connectivity index (χ2v) is 10.4. The number of methoxy groups -OCH3 is 2. The first-order chi connectivity index (χ1) is 18.5. The number of hydrogen-bond acceptors (Lipinski definition) is 5. The van der Waals surface area contributed by atoms with E-state index in [2.05, 4.69) is 66.4 Å². The number of likely N-dealkylation sites (tertiary alicyclic amines) is 1. The molecule has 2 heterocycles. The average molecular weight is 512 g/mol. The number of benzene rings is 3. The van der Waals surface area contributed by atoms with Crippen molar-refractivity contribution < 1.29 is 14.3 Å². The molecule has 0 aliphatic carbocycles. The molecule has 1 atom stereocenters. The van der Waals surface area contributed by atoms with Crippen LogP contribution in [0, 0.1) is 12.8 Å². The highest BCUT2D eigenvalue weighted by Gasteiger charge is 2.36. The topological polar surface area (TPSA) is 54.4 Å². The lowest BCUT2D eigenvalue weighted by molar-refractivity contribution is -0.134. The molecular formula is C32H37N3O3. The number of hydrazone groups is 1. The van der Waals surface area contributed by atoms with Crippen molar-refractivity contribution in [3.05, 3.63) is 95.1 Å². The molecule has 3 aromatic carbocycles. The Morgan fingerprint density at radius 2 is 1.68 bits per heavy atom. The maximum absolute atomic E-state index is 13.7. The van der Waals surface area contributed by atoms with Crippen LogP contribution in [-0.4, -0.2) is 55.4 Å². The van der Waals surface area contributed by atoms with Crippen LogP contribution in [-0.2, 0) is 11.2 Å². The Morgan fingerprint density at radius 3 is 2.37 bits per heavy atom. The van der Waals surface area contributed by atoms with Gasteiger partial charge < -0.3 is 9.47 Å². The van der Waals surface area contributed by atoms with Crippen LogP contribution in [0.3, 0.4) is 0 Å². The highest BCUT2D eigenvalue weighted by molar-refractivity contribution is 6.03. The molecule has 0 saturated carbocycles. The minimum atomic E-state index is -0.227. The molecule has 0 N–H and O–H groups in total. The number of nitrogens with zero attached hydrogens (tertiary/aromatic N) is 3. The van der Waals surface area contributed by atoms with E-state index >= 15 is 0 Å². The minimum Gasteiger partial charge on any atom is -0.497 e. The maximum atomic E-state index is 13.7. The lowest BCUT2D eigenvalue weighted by Gasteiger charge is -2.33. The molecule has 1 fully saturated rings. The van der Waals surface area contributed by atoms with Gasteiger partial charge in [0.1, 0.15) is 11.5 Å². The zero-order valence-electron chi connectivity index (χ0n) is 22.6. The van der Waals surface area contributed by atoms with Crippen LogP contribution in [0.1, 0.15) is 47.6 Å². The smallest absolute Gasteiger partial charge is 0.257 e. The van der Waals surface area contributed by atoms with Crippen molar-refractivity contribution in [1.82, 2.24) is 9.91 Å². The molecular weight excluding hydrogens is 474 g/mol. The summed E-state index contributed by atoms with van der Waals surface area (Å²) in [7, 11) is 3.29. The summed E-state index contributed by atoms with van der Waals surface area (Å²) in [6, 6.07) is 24.6. The fraction of sp³-hybridized carbons (Fsp3) is 0.375. The van der Waals surface area contributed by atoms with Gasteiger partial charge in [0, 0.05) is 18.1 Å². The Kier molecular flexibility index (Phi) is 8.08. The Labute approximate surface area is 225 Å². The van der Waals surface area contributed by atoms with E-state index < -0.39 is 0 Å². The number of hydrogen-bond donors (Lipinski definition) is 0. The number of rotatable bonds is 8. The third-order valence-corrected chi connectivity index (χ3v) is 7.78. The van der Waals surface area contributed by atoms with Gasteiger partial charge in [0.05, 0.1) is 32.5 Å². The number of piperidine rings is 1. The molecule has 6 nitrogen and oxygen atoms in total. The van der Waals surface area contributed by atoms with Crippen LogP contribution < -0.4 is 9.47 Å². The van der Waals surface area contributed by atoms with Gasteiger partial charge in [-0.2, -0.15) is 5.10 Å². The van der Waals surface area contributed by atoms with Crippen molar-refractivity contribution in [3.8, 4) is 11.5 Å². The van der Waals surface area contributed by atoms with Gasteiger partial charge in [-0.15, -0.1) is 0 Å². The monoisotopic (exact) mass is 511 g/mol. The first-order valence-electron chi connectivity index (χ1n) is 13.5. The summed E-state index contributed by atoms with van der Waals surface area (Å²) in [5.41, 5.74) is 5.50. The number of carbonyl (C=O) groups is 1. The second-order valence-electron chi connectivity index (χ2n) is 10.4. The van der Waals surface area contributed by atoms with Gasteiger partial charge in [-0.3, -0.25) is 9.69 Å². The fourth-order valence-corrected chi connectivity index (χ4v) is 5.56. The summed E-state index contributed by atoms with van der Waals surface area (Å²) < 4.78 is 11.1. The molecule has 1 saturated heterocycles. The predicted molar refractivity (Wildman–Crippen MR) is 151 cm³/mol. The van der Waals surface area contributed by atoms with E-state index in [0.29, 0.717) is 24.6 Å². The zero-order valence-corrected chi connectivity index (χ0v) is 22.6. The SMILES string of the molecule is COc1ccc([C@H]2CC(c3ccc(C)cc3)=NN2C(=O)CN2CCC(Cc3ccccc3)CC2)c(OC)c1. The van der Waals surface area contributed by atoms with E-state index in [-0.39, 0.29) is 11.9 Å². The molecule has 3 aromatic rings. The quantitative estimate of drug-likeness (QED) is 0.393. The molecule has 2 aliphatic heterocycles. The van der Waals surface area contributed by atoms with Crippen LogP contribution in [0.15, 0.2) is 77.9 Å². The molecule has 0 spiro atoms. The van der Waals surface area contributed by atoms with Crippen LogP contribution >= 0.6 is 0 Å². The Bertz CT molecular complexity index is 1260. The van der Waals surface area contributed by atoms with Crippen LogP contribution in [0.4, 0.5) is 0 Å². The average Bonchev–Trinajstić information content (AvgIpc) is 3.40. The van der Waals surface area contributed by atoms with Gasteiger partial charge >= 0.3 is 0 Å². The third-order valence-electron chi connectivity index (χ3n) is 7.78. The van der Waals surface area contributed by atoms with Gasteiger partial charge in [0.25, 0.3) is 5.91 Å². The second kappa shape index (κ2) is 11.8. The van der Waals surface area contributed by atoms with Crippen molar-refractivity contribution >= 4 is 11.6 Å². The third kappa shape index (κ3) is 5.91. The van der Waals surface area contributed by atoms with E-state index in [0.717, 1.165) is 54.9 Å². The van der Waals surface area contributed by atoms with Crippen LogP contribution in [0.2, 0.25) is 0 Å². The van der Waals surface area contributed by atoms with Gasteiger partial charge in [-0.1, -0.05) is 60.2 Å². The van der Waals surface area contributed by atoms with E-state index in [1.165, 1.54) is 11.1 Å². The van der Waals surface area contributed by atoms with Crippen LogP contribution in [0.5, 0.6) is 11.5 Å². The molecule has 0 bridgehead atoms.